The predicted molar refractivity (Wildman–Crippen MR) is 104 cm³/mol. The zero-order valence-electron chi connectivity index (χ0n) is 14.9. The molecule has 1 aliphatic heterocycles. The van der Waals surface area contributed by atoms with E-state index in [0.717, 1.165) is 54.4 Å². The summed E-state index contributed by atoms with van der Waals surface area (Å²) in [5.41, 5.74) is 4.56. The van der Waals surface area contributed by atoms with Crippen molar-refractivity contribution in [3.8, 4) is 11.4 Å². The van der Waals surface area contributed by atoms with Crippen LogP contribution in [0.15, 0.2) is 54.9 Å². The van der Waals surface area contributed by atoms with Crippen molar-refractivity contribution in [1.82, 2.24) is 20.3 Å². The number of anilines is 1. The molecule has 26 heavy (non-hydrogen) atoms. The first-order chi connectivity index (χ1) is 12.8. The van der Waals surface area contributed by atoms with Crippen LogP contribution in [0.1, 0.15) is 29.8 Å². The molecule has 5 heteroatoms. The fourth-order valence-corrected chi connectivity index (χ4v) is 3.30. The lowest BCUT2D eigenvalue weighted by molar-refractivity contribution is 0.708. The molecule has 3 aromatic rings. The average Bonchev–Trinajstić information content (AvgIpc) is 2.95. The topological polar surface area (TPSA) is 62.7 Å². The van der Waals surface area contributed by atoms with Crippen LogP contribution in [0.25, 0.3) is 11.4 Å². The lowest BCUT2D eigenvalue weighted by Crippen LogP contribution is -2.16. The second-order valence-electron chi connectivity index (χ2n) is 6.59. The molecule has 4 rings (SSSR count). The summed E-state index contributed by atoms with van der Waals surface area (Å²) in [6.07, 6.45) is 5.56. The first-order valence-corrected chi connectivity index (χ1v) is 9.13. The zero-order valence-corrected chi connectivity index (χ0v) is 14.9. The van der Waals surface area contributed by atoms with Crippen molar-refractivity contribution in [3.05, 3.63) is 71.7 Å². The summed E-state index contributed by atoms with van der Waals surface area (Å²) < 4.78 is 0. The van der Waals surface area contributed by atoms with Crippen LogP contribution in [0.2, 0.25) is 0 Å². The molecule has 0 fully saturated rings. The third kappa shape index (κ3) is 3.58. The van der Waals surface area contributed by atoms with Crippen molar-refractivity contribution in [2.24, 2.45) is 0 Å². The van der Waals surface area contributed by atoms with E-state index in [2.05, 4.69) is 40.7 Å². The van der Waals surface area contributed by atoms with Gasteiger partial charge in [-0.25, -0.2) is 9.97 Å². The van der Waals surface area contributed by atoms with E-state index in [0.29, 0.717) is 0 Å². The normalized spacial score (nSPS) is 15.0. The molecule has 1 atom stereocenters. The molecule has 0 spiro atoms. The van der Waals surface area contributed by atoms with Gasteiger partial charge in [-0.2, -0.15) is 0 Å². The highest BCUT2D eigenvalue weighted by atomic mass is 15.1. The quantitative estimate of drug-likeness (QED) is 0.759. The molecule has 0 radical (unpaired) electrons. The summed E-state index contributed by atoms with van der Waals surface area (Å²) in [4.78, 5) is 14.0. The van der Waals surface area contributed by atoms with Gasteiger partial charge >= 0.3 is 0 Å². The minimum atomic E-state index is 0.127. The predicted octanol–water partition coefficient (Wildman–Crippen LogP) is 3.40. The molecule has 2 aromatic heterocycles. The van der Waals surface area contributed by atoms with Crippen molar-refractivity contribution in [3.63, 3.8) is 0 Å². The van der Waals surface area contributed by atoms with Gasteiger partial charge in [0.2, 0.25) is 0 Å². The Kier molecular flexibility index (Phi) is 4.88. The number of hydrogen-bond acceptors (Lipinski definition) is 5. The van der Waals surface area contributed by atoms with E-state index in [-0.39, 0.29) is 6.04 Å². The monoisotopic (exact) mass is 345 g/mol. The first-order valence-electron chi connectivity index (χ1n) is 9.13. The summed E-state index contributed by atoms with van der Waals surface area (Å²) in [5, 5.41) is 7.07. The SMILES string of the molecule is C[C@@H](Nc1nc(-c2ccccc2)nc2c1CCNCC2)c1cccnc1. The van der Waals surface area contributed by atoms with Gasteiger partial charge in [0, 0.05) is 36.5 Å². The zero-order chi connectivity index (χ0) is 17.8. The Hall–Kier alpha value is -2.79. The summed E-state index contributed by atoms with van der Waals surface area (Å²) in [7, 11) is 0. The molecule has 132 valence electrons. The summed E-state index contributed by atoms with van der Waals surface area (Å²) >= 11 is 0. The van der Waals surface area contributed by atoms with Gasteiger partial charge in [0.25, 0.3) is 0 Å². The van der Waals surface area contributed by atoms with Gasteiger partial charge in [-0.15, -0.1) is 0 Å². The highest BCUT2D eigenvalue weighted by molar-refractivity contribution is 5.60. The van der Waals surface area contributed by atoms with E-state index < -0.39 is 0 Å². The summed E-state index contributed by atoms with van der Waals surface area (Å²) in [6.45, 7) is 4.05. The van der Waals surface area contributed by atoms with E-state index in [1.54, 1.807) is 6.20 Å². The molecule has 3 heterocycles. The Morgan fingerprint density at radius 3 is 2.65 bits per heavy atom. The number of pyridine rings is 1. The highest BCUT2D eigenvalue weighted by Gasteiger charge is 2.19. The molecule has 1 aliphatic rings. The molecule has 0 aliphatic carbocycles. The van der Waals surface area contributed by atoms with Crippen LogP contribution in [0.4, 0.5) is 5.82 Å². The number of benzene rings is 1. The molecule has 5 nitrogen and oxygen atoms in total. The number of nitrogens with zero attached hydrogens (tertiary/aromatic N) is 3. The van der Waals surface area contributed by atoms with Crippen molar-refractivity contribution >= 4 is 5.82 Å². The maximum atomic E-state index is 4.89. The van der Waals surface area contributed by atoms with Crippen molar-refractivity contribution in [1.29, 1.82) is 0 Å². The van der Waals surface area contributed by atoms with Crippen LogP contribution in [0.3, 0.4) is 0 Å². The molecule has 0 saturated carbocycles. The molecule has 0 bridgehead atoms. The van der Waals surface area contributed by atoms with Gasteiger partial charge in [-0.3, -0.25) is 4.98 Å². The van der Waals surface area contributed by atoms with Gasteiger partial charge in [-0.05, 0) is 31.5 Å². The summed E-state index contributed by atoms with van der Waals surface area (Å²) in [6, 6.07) is 14.4. The molecular formula is C21H23N5. The van der Waals surface area contributed by atoms with Crippen LogP contribution >= 0.6 is 0 Å². The van der Waals surface area contributed by atoms with Crippen molar-refractivity contribution in [2.75, 3.05) is 18.4 Å². The molecular weight excluding hydrogens is 322 g/mol. The van der Waals surface area contributed by atoms with Crippen molar-refractivity contribution < 1.29 is 0 Å². The fourth-order valence-electron chi connectivity index (χ4n) is 3.30. The maximum Gasteiger partial charge on any atom is 0.161 e. The van der Waals surface area contributed by atoms with Gasteiger partial charge in [0.15, 0.2) is 5.82 Å². The Morgan fingerprint density at radius 1 is 1.00 bits per heavy atom. The largest absolute Gasteiger partial charge is 0.363 e. The minimum absolute atomic E-state index is 0.127. The number of rotatable bonds is 4. The molecule has 1 aromatic carbocycles. The second-order valence-corrected chi connectivity index (χ2v) is 6.59. The van der Waals surface area contributed by atoms with Gasteiger partial charge in [0.1, 0.15) is 5.82 Å². The molecule has 2 N–H and O–H groups in total. The van der Waals surface area contributed by atoms with E-state index in [1.165, 1.54) is 5.56 Å². The Morgan fingerprint density at radius 2 is 1.85 bits per heavy atom. The number of fused-ring (bicyclic) bond motifs is 1. The molecule has 0 amide bonds. The number of nitrogens with one attached hydrogen (secondary N) is 2. The fraction of sp³-hybridized carbons (Fsp3) is 0.286. The third-order valence-electron chi connectivity index (χ3n) is 4.75. The lowest BCUT2D eigenvalue weighted by Gasteiger charge is -2.19. The average molecular weight is 345 g/mol. The Balaban J connectivity index is 1.74. The first kappa shape index (κ1) is 16.7. The third-order valence-corrected chi connectivity index (χ3v) is 4.75. The van der Waals surface area contributed by atoms with E-state index in [9.17, 15) is 0 Å². The molecule has 0 unspecified atom stereocenters. The number of hydrogen-bond donors (Lipinski definition) is 2. The smallest absolute Gasteiger partial charge is 0.161 e. The van der Waals surface area contributed by atoms with Crippen LogP contribution in [0.5, 0.6) is 0 Å². The minimum Gasteiger partial charge on any atom is -0.363 e. The molecule has 0 saturated heterocycles. The Labute approximate surface area is 153 Å². The van der Waals surface area contributed by atoms with Crippen molar-refractivity contribution in [2.45, 2.75) is 25.8 Å². The van der Waals surface area contributed by atoms with E-state index in [1.807, 2.05) is 30.5 Å². The van der Waals surface area contributed by atoms with Gasteiger partial charge < -0.3 is 10.6 Å². The van der Waals surface area contributed by atoms with Crippen LogP contribution in [-0.2, 0) is 12.8 Å². The summed E-state index contributed by atoms with van der Waals surface area (Å²) in [5.74, 6) is 1.72. The van der Waals surface area contributed by atoms with E-state index in [4.69, 9.17) is 9.97 Å². The van der Waals surface area contributed by atoms with Crippen LogP contribution in [0, 0.1) is 0 Å². The van der Waals surface area contributed by atoms with Crippen LogP contribution < -0.4 is 10.6 Å². The van der Waals surface area contributed by atoms with Crippen LogP contribution in [-0.4, -0.2) is 28.0 Å². The second kappa shape index (κ2) is 7.62. The lowest BCUT2D eigenvalue weighted by atomic mass is 10.1. The maximum absolute atomic E-state index is 4.89. The standard InChI is InChI=1S/C21H23N5/c1-15(17-8-5-11-23-14-17)24-21-18-9-12-22-13-10-19(18)25-20(26-21)16-6-3-2-4-7-16/h2-8,11,14-15,22H,9-10,12-13H2,1H3,(H,24,25,26)/t15-/m1/s1. The highest BCUT2D eigenvalue weighted by Crippen LogP contribution is 2.27. The Bertz CT molecular complexity index is 864. The van der Waals surface area contributed by atoms with Gasteiger partial charge in [-0.1, -0.05) is 36.4 Å². The van der Waals surface area contributed by atoms with E-state index >= 15 is 0 Å². The van der Waals surface area contributed by atoms with Gasteiger partial charge in [0.05, 0.1) is 11.7 Å². The number of aromatic nitrogens is 3.